The first-order valence-corrected chi connectivity index (χ1v) is 15.3. The zero-order chi connectivity index (χ0) is 32.7. The van der Waals surface area contributed by atoms with Gasteiger partial charge in [0.2, 0.25) is 5.70 Å². The van der Waals surface area contributed by atoms with Crippen LogP contribution in [0.1, 0.15) is 33.0 Å². The molecule has 4 rings (SSSR count). The summed E-state index contributed by atoms with van der Waals surface area (Å²) in [7, 11) is 5.02. The molecule has 1 unspecified atom stereocenters. The van der Waals surface area contributed by atoms with Gasteiger partial charge in [0.25, 0.3) is 18.2 Å². The van der Waals surface area contributed by atoms with Gasteiger partial charge in [0.1, 0.15) is 24.6 Å². The van der Waals surface area contributed by atoms with Crippen LogP contribution in [-0.4, -0.2) is 68.9 Å². The number of anilines is 2. The van der Waals surface area contributed by atoms with Gasteiger partial charge in [-0.3, -0.25) is 24.6 Å². The topological polar surface area (TPSA) is 176 Å². The van der Waals surface area contributed by atoms with E-state index in [1.807, 2.05) is 24.3 Å². The maximum atomic E-state index is 13.5. The molecule has 15 heteroatoms. The maximum Gasteiger partial charge on any atom is 0.312 e. The van der Waals surface area contributed by atoms with Crippen molar-refractivity contribution in [3.63, 3.8) is 0 Å². The predicted molar refractivity (Wildman–Crippen MR) is 176 cm³/mol. The molecule has 2 aromatic heterocycles. The van der Waals surface area contributed by atoms with Crippen LogP contribution in [0.15, 0.2) is 71.7 Å². The largest absolute Gasteiger partial charge is 0.388 e. The van der Waals surface area contributed by atoms with Crippen LogP contribution in [0.3, 0.4) is 0 Å². The number of halogens is 1. The quantitative estimate of drug-likeness (QED) is 0.0390. The molecular weight excluding hydrogens is 618 g/mol. The Hall–Kier alpha value is -4.79. The van der Waals surface area contributed by atoms with E-state index < -0.39 is 11.8 Å². The number of quaternary nitrogens is 1. The lowest BCUT2D eigenvalue weighted by atomic mass is 10.1. The molecule has 236 valence electrons. The summed E-state index contributed by atoms with van der Waals surface area (Å²) in [4.78, 5) is 51.6. The van der Waals surface area contributed by atoms with E-state index in [4.69, 9.17) is 22.7 Å². The molecule has 1 aliphatic heterocycles. The normalized spacial score (nSPS) is 15.6. The van der Waals surface area contributed by atoms with E-state index in [-0.39, 0.29) is 40.7 Å². The number of aromatic nitrogens is 2. The van der Waals surface area contributed by atoms with Crippen molar-refractivity contribution in [3.8, 4) is 0 Å². The molecule has 1 aliphatic rings. The number of hydrogen-bond donors (Lipinski definition) is 6. The summed E-state index contributed by atoms with van der Waals surface area (Å²) in [6.07, 6.45) is 7.45. The fourth-order valence-corrected chi connectivity index (χ4v) is 5.60. The van der Waals surface area contributed by atoms with E-state index in [9.17, 15) is 19.2 Å². The molecule has 0 saturated carbocycles. The van der Waals surface area contributed by atoms with E-state index in [2.05, 4.69) is 21.4 Å². The van der Waals surface area contributed by atoms with Gasteiger partial charge in [-0.05, 0) is 29.8 Å². The molecule has 0 saturated heterocycles. The molecule has 13 nitrogen and oxygen atoms in total. The number of thioether (sulfide) groups is 1. The highest BCUT2D eigenvalue weighted by molar-refractivity contribution is 7.99. The number of benzene rings is 1. The third-order valence-electron chi connectivity index (χ3n) is 6.95. The molecule has 0 bridgehead atoms. The monoisotopic (exact) mass is 652 g/mol. The second-order valence-electron chi connectivity index (χ2n) is 10.4. The van der Waals surface area contributed by atoms with Crippen LogP contribution >= 0.6 is 23.4 Å². The number of likely N-dealkylation sites (N-methyl/N-ethyl adjacent to an activating group) is 1. The standard InChI is InChI=1S/C30H34ClN9O4S/c1-38-15-21(13-24(38)28(42)34-10-8-27(32)33)36-29(43)25-14-22(16-39(25)2)37-30(44)26-12-20(17-40(26,3)35-18-41)19-4-6-23(7-5-19)45-11-9-31/h4-7,12-18H,8-11H2,1-3H3,(H6-,32,33,34,35,36,37,41,42,43,44)/p+1. The smallest absolute Gasteiger partial charge is 0.312 e. The van der Waals surface area contributed by atoms with Gasteiger partial charge >= 0.3 is 5.91 Å². The first-order valence-electron chi connectivity index (χ1n) is 13.8. The number of rotatable bonds is 14. The van der Waals surface area contributed by atoms with Gasteiger partial charge in [-0.15, -0.1) is 23.4 Å². The molecule has 7 N–H and O–H groups in total. The minimum absolute atomic E-state index is 0.0281. The Labute approximate surface area is 269 Å². The lowest BCUT2D eigenvalue weighted by Crippen LogP contribution is -2.50. The summed E-state index contributed by atoms with van der Waals surface area (Å²) in [6.45, 7) is 0.220. The Morgan fingerprint density at radius 3 is 2.18 bits per heavy atom. The van der Waals surface area contributed by atoms with Crippen LogP contribution < -0.4 is 27.1 Å². The minimum Gasteiger partial charge on any atom is -0.388 e. The predicted octanol–water partition coefficient (Wildman–Crippen LogP) is 2.99. The van der Waals surface area contributed by atoms with Crippen LogP contribution in [-0.2, 0) is 23.7 Å². The maximum absolute atomic E-state index is 13.5. The number of alkyl halides is 1. The lowest BCUT2D eigenvalue weighted by molar-refractivity contribution is -0.849. The number of carbonyl (C=O) groups is 4. The molecule has 1 atom stereocenters. The molecule has 3 heterocycles. The zero-order valence-electron chi connectivity index (χ0n) is 25.0. The van der Waals surface area contributed by atoms with Gasteiger partial charge in [-0.1, -0.05) is 12.1 Å². The van der Waals surface area contributed by atoms with Crippen molar-refractivity contribution in [1.29, 1.82) is 5.41 Å². The van der Waals surface area contributed by atoms with Crippen molar-refractivity contribution in [2.75, 3.05) is 35.9 Å². The number of nitrogens with one attached hydrogen (secondary N) is 5. The van der Waals surface area contributed by atoms with E-state index in [0.29, 0.717) is 29.4 Å². The van der Waals surface area contributed by atoms with Gasteiger partial charge in [0.05, 0.1) is 17.2 Å². The number of nitrogens with two attached hydrogens (primary N) is 1. The highest BCUT2D eigenvalue weighted by Crippen LogP contribution is 2.32. The first kappa shape index (κ1) is 33.1. The van der Waals surface area contributed by atoms with Crippen LogP contribution in [0.4, 0.5) is 11.4 Å². The average molecular weight is 653 g/mol. The van der Waals surface area contributed by atoms with Gasteiger partial charge in [0, 0.05) is 67.6 Å². The van der Waals surface area contributed by atoms with E-state index in [1.54, 1.807) is 66.7 Å². The number of carbonyl (C=O) groups excluding carboxylic acids is 4. The van der Waals surface area contributed by atoms with Crippen molar-refractivity contribution < 1.29 is 23.8 Å². The molecule has 0 fully saturated rings. The Balaban J connectivity index is 1.46. The van der Waals surface area contributed by atoms with Crippen LogP contribution in [0, 0.1) is 5.41 Å². The van der Waals surface area contributed by atoms with Crippen molar-refractivity contribution in [3.05, 3.63) is 83.7 Å². The van der Waals surface area contributed by atoms with Crippen LogP contribution in [0.25, 0.3) is 5.57 Å². The van der Waals surface area contributed by atoms with Crippen LogP contribution in [0.5, 0.6) is 0 Å². The summed E-state index contributed by atoms with van der Waals surface area (Å²) in [5.74, 6) is 0.0400. The zero-order valence-corrected chi connectivity index (χ0v) is 26.6. The first-order chi connectivity index (χ1) is 21.4. The Morgan fingerprint density at radius 2 is 1.60 bits per heavy atom. The number of amides is 4. The molecule has 45 heavy (non-hydrogen) atoms. The van der Waals surface area contributed by atoms with Crippen molar-refractivity contribution in [2.45, 2.75) is 11.3 Å². The second-order valence-corrected chi connectivity index (χ2v) is 11.9. The Bertz CT molecular complexity index is 1690. The molecule has 1 aromatic carbocycles. The average Bonchev–Trinajstić information content (AvgIpc) is 3.66. The van der Waals surface area contributed by atoms with Crippen LogP contribution in [0.2, 0.25) is 0 Å². The van der Waals surface area contributed by atoms with Crippen molar-refractivity contribution in [2.24, 2.45) is 19.8 Å². The number of hydrogen-bond acceptors (Lipinski definition) is 6. The SMILES string of the molecule is Cn1cc(NC(=O)c2cc(NC(=O)C3=CC(c4ccc(SCCCl)cc4)=C[N+]3(C)NC=O)cn2C)cc1C(=O)NCCC(=N)N. The molecule has 0 spiro atoms. The summed E-state index contributed by atoms with van der Waals surface area (Å²) in [5.41, 5.74) is 11.3. The number of nitrogens with zero attached hydrogens (tertiary/aromatic N) is 3. The summed E-state index contributed by atoms with van der Waals surface area (Å²) in [6, 6.07) is 10.9. The Morgan fingerprint density at radius 1 is 1.00 bits per heavy atom. The molecule has 4 amide bonds. The molecule has 0 aliphatic carbocycles. The summed E-state index contributed by atoms with van der Waals surface area (Å²) < 4.78 is 2.88. The van der Waals surface area contributed by atoms with E-state index in [1.165, 1.54) is 12.1 Å². The third-order valence-corrected chi connectivity index (χ3v) is 8.37. The third kappa shape index (κ3) is 8.03. The van der Waals surface area contributed by atoms with Crippen molar-refractivity contribution >= 4 is 70.3 Å². The van der Waals surface area contributed by atoms with Gasteiger partial charge in [-0.25, -0.2) is 0 Å². The summed E-state index contributed by atoms with van der Waals surface area (Å²) in [5, 5.41) is 15.6. The fourth-order valence-electron chi connectivity index (χ4n) is 4.73. The molecule has 0 radical (unpaired) electrons. The minimum atomic E-state index is -0.464. The van der Waals surface area contributed by atoms with E-state index in [0.717, 1.165) is 21.8 Å². The highest BCUT2D eigenvalue weighted by Gasteiger charge is 2.38. The van der Waals surface area contributed by atoms with Gasteiger partial charge in [0.15, 0.2) is 0 Å². The lowest BCUT2D eigenvalue weighted by Gasteiger charge is -2.25. The number of aryl methyl sites for hydroxylation is 2. The fraction of sp³-hybridized carbons (Fsp3) is 0.233. The highest BCUT2D eigenvalue weighted by atomic mass is 35.5. The second kappa shape index (κ2) is 14.3. The molecule has 3 aromatic rings. The number of allylic oxidation sites excluding steroid dienone is 2. The molecular formula is C30H35ClN9O4S+. The van der Waals surface area contributed by atoms with Gasteiger partial charge < -0.3 is 30.8 Å². The van der Waals surface area contributed by atoms with Crippen molar-refractivity contribution in [1.82, 2.24) is 19.9 Å². The summed E-state index contributed by atoms with van der Waals surface area (Å²) >= 11 is 7.44. The Kier molecular flexibility index (Phi) is 10.5. The van der Waals surface area contributed by atoms with Gasteiger partial charge in [-0.2, -0.15) is 10.0 Å². The van der Waals surface area contributed by atoms with E-state index >= 15 is 0 Å². The number of amidine groups is 1.